The zero-order valence-electron chi connectivity index (χ0n) is 20.2. The first-order valence-electron chi connectivity index (χ1n) is 11.6. The molecule has 2 N–H and O–H groups in total. The van der Waals surface area contributed by atoms with Crippen LogP contribution in [0.3, 0.4) is 0 Å². The summed E-state index contributed by atoms with van der Waals surface area (Å²) in [7, 11) is 0. The fraction of sp³-hybridized carbons (Fsp3) is 0.143. The van der Waals surface area contributed by atoms with E-state index in [4.69, 9.17) is 16.6 Å². The SMILES string of the molecule is C=CC(=O)N1CCN(C(=Nc2cccc(C#N)c2)c2cc(Cl)c(-c3c(O)cccc3F)cc2NC=O)CC1. The highest BCUT2D eigenvalue weighted by Crippen LogP contribution is 2.40. The highest BCUT2D eigenvalue weighted by atomic mass is 35.5. The number of piperazine rings is 1. The van der Waals surface area contributed by atoms with Crippen LogP contribution in [-0.4, -0.2) is 59.2 Å². The third-order valence-corrected chi connectivity index (χ3v) is 6.41. The van der Waals surface area contributed by atoms with Gasteiger partial charge in [0.1, 0.15) is 17.4 Å². The molecule has 0 radical (unpaired) electrons. The Morgan fingerprint density at radius 1 is 1.13 bits per heavy atom. The molecule has 192 valence electrons. The molecule has 8 nitrogen and oxygen atoms in total. The summed E-state index contributed by atoms with van der Waals surface area (Å²) in [6, 6.07) is 15.7. The molecule has 38 heavy (non-hydrogen) atoms. The lowest BCUT2D eigenvalue weighted by Crippen LogP contribution is -2.50. The van der Waals surface area contributed by atoms with Crippen LogP contribution in [0.5, 0.6) is 5.75 Å². The largest absolute Gasteiger partial charge is 0.507 e. The first-order valence-corrected chi connectivity index (χ1v) is 12.0. The lowest BCUT2D eigenvalue weighted by Gasteiger charge is -2.36. The molecule has 3 aromatic rings. The summed E-state index contributed by atoms with van der Waals surface area (Å²) in [5.74, 6) is -0.726. The number of hydrogen-bond donors (Lipinski definition) is 2. The van der Waals surface area contributed by atoms with Crippen LogP contribution in [-0.2, 0) is 9.59 Å². The topological polar surface area (TPSA) is 109 Å². The standard InChI is InChI=1S/C28H23ClFN5O3/c1-2-26(38)34-9-11-35(12-10-34)28(33-19-6-3-5-18(13-19)16-31)21-14-22(29)20(15-24(21)32-17-36)27-23(30)7-4-8-25(27)37/h2-8,13-15,17,37H,1,9-12H2,(H,32,36). The normalized spacial score (nSPS) is 13.6. The summed E-state index contributed by atoms with van der Waals surface area (Å²) in [5.41, 5.74) is 1.71. The third kappa shape index (κ3) is 5.51. The van der Waals surface area contributed by atoms with Crippen LogP contribution in [0.4, 0.5) is 15.8 Å². The minimum Gasteiger partial charge on any atom is -0.507 e. The molecule has 0 bridgehead atoms. The van der Waals surface area contributed by atoms with Crippen molar-refractivity contribution >= 4 is 41.1 Å². The number of nitrogens with one attached hydrogen (secondary N) is 1. The van der Waals surface area contributed by atoms with E-state index < -0.39 is 5.82 Å². The van der Waals surface area contributed by atoms with E-state index in [-0.39, 0.29) is 33.5 Å². The van der Waals surface area contributed by atoms with Crippen LogP contribution in [0.1, 0.15) is 11.1 Å². The van der Waals surface area contributed by atoms with Gasteiger partial charge in [0, 0.05) is 42.3 Å². The van der Waals surface area contributed by atoms with Gasteiger partial charge < -0.3 is 20.2 Å². The summed E-state index contributed by atoms with van der Waals surface area (Å²) in [6.45, 7) is 5.20. The second-order valence-corrected chi connectivity index (χ2v) is 8.79. The molecule has 1 heterocycles. The fourth-order valence-corrected chi connectivity index (χ4v) is 4.51. The van der Waals surface area contributed by atoms with Crippen LogP contribution >= 0.6 is 11.6 Å². The van der Waals surface area contributed by atoms with Crippen molar-refractivity contribution in [3.63, 3.8) is 0 Å². The van der Waals surface area contributed by atoms with E-state index in [0.717, 1.165) is 0 Å². The number of amides is 2. The molecular weight excluding hydrogens is 509 g/mol. The Hall–Kier alpha value is -4.68. The van der Waals surface area contributed by atoms with Gasteiger partial charge in [-0.1, -0.05) is 30.3 Å². The molecule has 3 aromatic carbocycles. The monoisotopic (exact) mass is 531 g/mol. The highest BCUT2D eigenvalue weighted by molar-refractivity contribution is 6.34. The van der Waals surface area contributed by atoms with Gasteiger partial charge in [-0.15, -0.1) is 0 Å². The molecule has 1 saturated heterocycles. The Balaban J connectivity index is 1.87. The van der Waals surface area contributed by atoms with Gasteiger partial charge in [0.05, 0.1) is 28.6 Å². The van der Waals surface area contributed by atoms with Crippen LogP contribution in [0, 0.1) is 17.1 Å². The smallest absolute Gasteiger partial charge is 0.246 e. The molecule has 10 heteroatoms. The zero-order chi connectivity index (χ0) is 27.2. The molecule has 0 aliphatic carbocycles. The van der Waals surface area contributed by atoms with E-state index in [1.165, 1.54) is 30.3 Å². The van der Waals surface area contributed by atoms with Gasteiger partial charge in [0.15, 0.2) is 0 Å². The maximum atomic E-state index is 14.7. The van der Waals surface area contributed by atoms with Gasteiger partial charge in [0.2, 0.25) is 12.3 Å². The highest BCUT2D eigenvalue weighted by Gasteiger charge is 2.26. The van der Waals surface area contributed by atoms with Crippen molar-refractivity contribution in [1.82, 2.24) is 9.80 Å². The predicted octanol–water partition coefficient (Wildman–Crippen LogP) is 4.70. The minimum absolute atomic E-state index is 0.102. The van der Waals surface area contributed by atoms with E-state index in [1.54, 1.807) is 35.2 Å². The van der Waals surface area contributed by atoms with E-state index in [9.17, 15) is 24.3 Å². The number of aromatic hydroxyl groups is 1. The molecule has 0 atom stereocenters. The van der Waals surface area contributed by atoms with Crippen molar-refractivity contribution in [2.75, 3.05) is 31.5 Å². The molecular formula is C28H23ClFN5O3. The van der Waals surface area contributed by atoms with Crippen molar-refractivity contribution in [1.29, 1.82) is 5.26 Å². The number of phenols is 1. The lowest BCUT2D eigenvalue weighted by atomic mass is 9.99. The molecule has 1 fully saturated rings. The van der Waals surface area contributed by atoms with Crippen molar-refractivity contribution in [3.8, 4) is 22.9 Å². The number of carbonyl (C=O) groups is 2. The lowest BCUT2D eigenvalue weighted by molar-refractivity contribution is -0.127. The maximum absolute atomic E-state index is 14.7. The van der Waals surface area contributed by atoms with E-state index in [2.05, 4.69) is 18.0 Å². The number of amidine groups is 1. The Morgan fingerprint density at radius 2 is 1.84 bits per heavy atom. The van der Waals surface area contributed by atoms with E-state index in [0.29, 0.717) is 55.2 Å². The van der Waals surface area contributed by atoms with Crippen molar-refractivity contribution in [2.24, 2.45) is 4.99 Å². The Labute approximate surface area is 223 Å². The number of halogens is 2. The summed E-state index contributed by atoms with van der Waals surface area (Å²) >= 11 is 6.62. The van der Waals surface area contributed by atoms with Crippen molar-refractivity contribution in [3.05, 3.63) is 89.2 Å². The number of nitrogens with zero attached hydrogens (tertiary/aromatic N) is 4. The molecule has 0 aromatic heterocycles. The van der Waals surface area contributed by atoms with Gasteiger partial charge >= 0.3 is 0 Å². The quantitative estimate of drug-likeness (QED) is 0.207. The summed E-state index contributed by atoms with van der Waals surface area (Å²) in [4.78, 5) is 32.1. The third-order valence-electron chi connectivity index (χ3n) is 6.10. The number of nitriles is 1. The van der Waals surface area contributed by atoms with Gasteiger partial charge in [-0.25, -0.2) is 9.38 Å². The number of anilines is 1. The summed E-state index contributed by atoms with van der Waals surface area (Å²) in [6.07, 6.45) is 1.74. The van der Waals surface area contributed by atoms with Crippen LogP contribution in [0.2, 0.25) is 5.02 Å². The maximum Gasteiger partial charge on any atom is 0.246 e. The number of carbonyl (C=O) groups excluding carboxylic acids is 2. The number of hydrogen-bond acceptors (Lipinski definition) is 5. The Bertz CT molecular complexity index is 1460. The summed E-state index contributed by atoms with van der Waals surface area (Å²) < 4.78 is 14.7. The predicted molar refractivity (Wildman–Crippen MR) is 144 cm³/mol. The van der Waals surface area contributed by atoms with Crippen LogP contribution < -0.4 is 5.32 Å². The van der Waals surface area contributed by atoms with Gasteiger partial charge in [-0.3, -0.25) is 9.59 Å². The number of benzene rings is 3. The van der Waals surface area contributed by atoms with Gasteiger partial charge in [0.25, 0.3) is 0 Å². The molecule has 2 amide bonds. The zero-order valence-corrected chi connectivity index (χ0v) is 21.0. The molecule has 1 aliphatic rings. The molecule has 0 spiro atoms. The van der Waals surface area contributed by atoms with Gasteiger partial charge in [-0.2, -0.15) is 5.26 Å². The average Bonchev–Trinajstić information content (AvgIpc) is 2.93. The Kier molecular flexibility index (Phi) is 8.04. The second kappa shape index (κ2) is 11.6. The molecule has 1 aliphatic heterocycles. The van der Waals surface area contributed by atoms with Crippen molar-refractivity contribution < 1.29 is 19.1 Å². The molecule has 0 saturated carbocycles. The summed E-state index contributed by atoms with van der Waals surface area (Å²) in [5, 5.41) is 22.4. The first-order chi connectivity index (χ1) is 18.4. The molecule has 4 rings (SSSR count). The first kappa shape index (κ1) is 26.4. The second-order valence-electron chi connectivity index (χ2n) is 8.39. The number of phenolic OH excluding ortho intramolecular Hbond substituents is 1. The average molecular weight is 532 g/mol. The fourth-order valence-electron chi connectivity index (χ4n) is 4.25. The Morgan fingerprint density at radius 3 is 2.50 bits per heavy atom. The minimum atomic E-state index is -0.679. The number of aliphatic imine (C=N–C) groups is 1. The molecule has 0 unspecified atom stereocenters. The van der Waals surface area contributed by atoms with E-state index >= 15 is 0 Å². The van der Waals surface area contributed by atoms with Gasteiger partial charge in [-0.05, 0) is 48.5 Å². The van der Waals surface area contributed by atoms with E-state index in [1.807, 2.05) is 4.90 Å². The van der Waals surface area contributed by atoms with Crippen LogP contribution in [0.15, 0.2) is 72.2 Å². The van der Waals surface area contributed by atoms with Crippen LogP contribution in [0.25, 0.3) is 11.1 Å². The number of rotatable bonds is 6. The van der Waals surface area contributed by atoms with Crippen molar-refractivity contribution in [2.45, 2.75) is 0 Å².